The monoisotopic (exact) mass is 385 g/mol. The fourth-order valence-electron chi connectivity index (χ4n) is 2.97. The lowest BCUT2D eigenvalue weighted by molar-refractivity contribution is -0.135. The Bertz CT molecular complexity index is 810. The van der Waals surface area contributed by atoms with Gasteiger partial charge in [-0.3, -0.25) is 14.5 Å². The summed E-state index contributed by atoms with van der Waals surface area (Å²) in [5, 5.41) is 2.87. The van der Waals surface area contributed by atoms with Crippen molar-refractivity contribution in [2.24, 2.45) is 0 Å². The van der Waals surface area contributed by atoms with Gasteiger partial charge in [0.1, 0.15) is 5.82 Å². The first-order chi connectivity index (χ1) is 13.4. The van der Waals surface area contributed by atoms with E-state index in [0.717, 1.165) is 23.2 Å². The third-order valence-electron chi connectivity index (χ3n) is 4.35. The second-order valence-electron chi connectivity index (χ2n) is 6.98. The number of rotatable bonds is 9. The second kappa shape index (κ2) is 10.6. The van der Waals surface area contributed by atoms with Crippen molar-refractivity contribution in [3.63, 3.8) is 0 Å². The van der Waals surface area contributed by atoms with Crippen LogP contribution in [0.4, 0.5) is 10.1 Å². The summed E-state index contributed by atoms with van der Waals surface area (Å²) in [7, 11) is 1.81. The first-order valence-corrected chi connectivity index (χ1v) is 9.45. The highest BCUT2D eigenvalue weighted by Gasteiger charge is 2.18. The Kier molecular flexibility index (Phi) is 8.14. The predicted octanol–water partition coefficient (Wildman–Crippen LogP) is 3.44. The second-order valence-corrected chi connectivity index (χ2v) is 6.98. The van der Waals surface area contributed by atoms with Crippen molar-refractivity contribution in [2.45, 2.75) is 26.8 Å². The quantitative estimate of drug-likeness (QED) is 0.719. The number of carbonyl (C=O) groups excluding carboxylic acids is 2. The maximum atomic E-state index is 13.3. The van der Waals surface area contributed by atoms with Gasteiger partial charge in [-0.05, 0) is 49.7 Å². The smallest absolute Gasteiger partial charge is 0.244 e. The molecular formula is C22H28FN3O2. The molecule has 5 nitrogen and oxygen atoms in total. The molecule has 28 heavy (non-hydrogen) atoms. The Balaban J connectivity index is 1.93. The number of benzene rings is 2. The van der Waals surface area contributed by atoms with E-state index in [-0.39, 0.29) is 30.7 Å². The molecule has 2 aromatic carbocycles. The standard InChI is InChI=1S/C22H28FN3O2/c1-4-12-26(15-21(27)24-20-11-6-5-8-17(20)2)22(28)16-25(3)14-18-9-7-10-19(23)13-18/h5-11,13H,4,12,14-16H2,1-3H3,(H,24,27). The molecule has 150 valence electrons. The molecule has 1 N–H and O–H groups in total. The Morgan fingerprint density at radius 3 is 2.50 bits per heavy atom. The zero-order valence-electron chi connectivity index (χ0n) is 16.7. The molecule has 0 heterocycles. The summed E-state index contributed by atoms with van der Waals surface area (Å²) in [5.41, 5.74) is 2.52. The van der Waals surface area contributed by atoms with Gasteiger partial charge in [-0.1, -0.05) is 37.3 Å². The lowest BCUT2D eigenvalue weighted by atomic mass is 10.2. The van der Waals surface area contributed by atoms with Crippen molar-refractivity contribution in [2.75, 3.05) is 32.0 Å². The van der Waals surface area contributed by atoms with Gasteiger partial charge >= 0.3 is 0 Å². The highest BCUT2D eigenvalue weighted by molar-refractivity contribution is 5.95. The maximum absolute atomic E-state index is 13.3. The topological polar surface area (TPSA) is 52.7 Å². The van der Waals surface area contributed by atoms with Gasteiger partial charge in [0.25, 0.3) is 0 Å². The lowest BCUT2D eigenvalue weighted by Crippen LogP contribution is -2.43. The molecule has 6 heteroatoms. The van der Waals surface area contributed by atoms with Gasteiger partial charge in [0, 0.05) is 18.8 Å². The number of para-hydroxylation sites is 1. The van der Waals surface area contributed by atoms with Crippen LogP contribution >= 0.6 is 0 Å². The van der Waals surface area contributed by atoms with E-state index < -0.39 is 0 Å². The highest BCUT2D eigenvalue weighted by atomic mass is 19.1. The maximum Gasteiger partial charge on any atom is 0.244 e. The summed E-state index contributed by atoms with van der Waals surface area (Å²) < 4.78 is 13.3. The highest BCUT2D eigenvalue weighted by Crippen LogP contribution is 2.13. The average Bonchev–Trinajstić information content (AvgIpc) is 2.63. The van der Waals surface area contributed by atoms with Crippen LogP contribution < -0.4 is 5.32 Å². The van der Waals surface area contributed by atoms with Crippen LogP contribution in [0.15, 0.2) is 48.5 Å². The van der Waals surface area contributed by atoms with Crippen molar-refractivity contribution in [1.29, 1.82) is 0 Å². The van der Waals surface area contributed by atoms with Gasteiger partial charge in [-0.2, -0.15) is 0 Å². The number of nitrogens with one attached hydrogen (secondary N) is 1. The zero-order valence-corrected chi connectivity index (χ0v) is 16.7. The van der Waals surface area contributed by atoms with Crippen molar-refractivity contribution in [3.8, 4) is 0 Å². The van der Waals surface area contributed by atoms with Gasteiger partial charge in [0.2, 0.25) is 11.8 Å². The van der Waals surface area contributed by atoms with E-state index >= 15 is 0 Å². The van der Waals surface area contributed by atoms with Crippen molar-refractivity contribution in [3.05, 3.63) is 65.5 Å². The predicted molar refractivity (Wildman–Crippen MR) is 109 cm³/mol. The SMILES string of the molecule is CCCN(CC(=O)Nc1ccccc1C)C(=O)CN(C)Cc1cccc(F)c1. The summed E-state index contributed by atoms with van der Waals surface area (Å²) >= 11 is 0. The number of amides is 2. The Labute approximate surface area is 166 Å². The number of anilines is 1. The molecule has 0 saturated carbocycles. The molecule has 0 aliphatic rings. The Hall–Kier alpha value is -2.73. The average molecular weight is 385 g/mol. The molecule has 0 saturated heterocycles. The van der Waals surface area contributed by atoms with Crippen LogP contribution in [0.25, 0.3) is 0 Å². The summed E-state index contributed by atoms with van der Waals surface area (Å²) in [6.07, 6.45) is 0.761. The van der Waals surface area contributed by atoms with E-state index in [4.69, 9.17) is 0 Å². The third kappa shape index (κ3) is 6.78. The van der Waals surface area contributed by atoms with E-state index in [1.807, 2.05) is 49.1 Å². The minimum absolute atomic E-state index is 0.00874. The van der Waals surface area contributed by atoms with Crippen LogP contribution in [0.5, 0.6) is 0 Å². The first kappa shape index (κ1) is 21.6. The fraction of sp³-hybridized carbons (Fsp3) is 0.364. The van der Waals surface area contributed by atoms with E-state index in [2.05, 4.69) is 5.32 Å². The van der Waals surface area contributed by atoms with E-state index in [1.54, 1.807) is 18.0 Å². The molecule has 0 aromatic heterocycles. The number of halogens is 1. The van der Waals surface area contributed by atoms with E-state index in [1.165, 1.54) is 12.1 Å². The molecular weight excluding hydrogens is 357 g/mol. The largest absolute Gasteiger partial charge is 0.332 e. The summed E-state index contributed by atoms with van der Waals surface area (Å²) in [6, 6.07) is 13.9. The molecule has 0 aliphatic heterocycles. The number of hydrogen-bond donors (Lipinski definition) is 1. The molecule has 0 unspecified atom stereocenters. The lowest BCUT2D eigenvalue weighted by Gasteiger charge is -2.25. The molecule has 2 amide bonds. The van der Waals surface area contributed by atoms with Crippen LogP contribution in [0, 0.1) is 12.7 Å². The number of likely N-dealkylation sites (N-methyl/N-ethyl adjacent to an activating group) is 1. The molecule has 2 rings (SSSR count). The van der Waals surface area contributed by atoms with Crippen molar-refractivity contribution >= 4 is 17.5 Å². The van der Waals surface area contributed by atoms with Crippen LogP contribution in [0.3, 0.4) is 0 Å². The van der Waals surface area contributed by atoms with Crippen LogP contribution in [0.2, 0.25) is 0 Å². The van der Waals surface area contributed by atoms with Gasteiger partial charge in [-0.15, -0.1) is 0 Å². The first-order valence-electron chi connectivity index (χ1n) is 9.45. The van der Waals surface area contributed by atoms with Crippen LogP contribution in [-0.2, 0) is 16.1 Å². The number of aryl methyl sites for hydroxylation is 1. The van der Waals surface area contributed by atoms with Gasteiger partial charge in [-0.25, -0.2) is 4.39 Å². The molecule has 0 fully saturated rings. The van der Waals surface area contributed by atoms with E-state index in [0.29, 0.717) is 13.1 Å². The van der Waals surface area contributed by atoms with Crippen molar-refractivity contribution in [1.82, 2.24) is 9.80 Å². The molecule has 0 spiro atoms. The summed E-state index contributed by atoms with van der Waals surface area (Å²) in [4.78, 5) is 28.5. The molecule has 0 aliphatic carbocycles. The Morgan fingerprint density at radius 2 is 1.82 bits per heavy atom. The zero-order chi connectivity index (χ0) is 20.5. The number of carbonyl (C=O) groups is 2. The number of nitrogens with zero attached hydrogens (tertiary/aromatic N) is 2. The van der Waals surface area contributed by atoms with Crippen LogP contribution in [-0.4, -0.2) is 48.3 Å². The van der Waals surface area contributed by atoms with Crippen LogP contribution in [0.1, 0.15) is 24.5 Å². The van der Waals surface area contributed by atoms with Gasteiger partial charge < -0.3 is 10.2 Å². The summed E-state index contributed by atoms with van der Waals surface area (Å²) in [5.74, 6) is -0.637. The van der Waals surface area contributed by atoms with Gasteiger partial charge in [0.05, 0.1) is 13.1 Å². The summed E-state index contributed by atoms with van der Waals surface area (Å²) in [6.45, 7) is 5.03. The normalized spacial score (nSPS) is 10.8. The number of hydrogen-bond acceptors (Lipinski definition) is 3. The minimum Gasteiger partial charge on any atom is -0.332 e. The van der Waals surface area contributed by atoms with E-state index in [9.17, 15) is 14.0 Å². The fourth-order valence-corrected chi connectivity index (χ4v) is 2.97. The Morgan fingerprint density at radius 1 is 1.07 bits per heavy atom. The molecule has 2 aromatic rings. The molecule has 0 atom stereocenters. The molecule has 0 bridgehead atoms. The van der Waals surface area contributed by atoms with Crippen molar-refractivity contribution < 1.29 is 14.0 Å². The van der Waals surface area contributed by atoms with Gasteiger partial charge in [0.15, 0.2) is 0 Å². The molecule has 0 radical (unpaired) electrons. The minimum atomic E-state index is -0.294. The third-order valence-corrected chi connectivity index (χ3v) is 4.35.